The van der Waals surface area contributed by atoms with Gasteiger partial charge in [0.15, 0.2) is 0 Å². The first kappa shape index (κ1) is 14.8. The van der Waals surface area contributed by atoms with E-state index in [2.05, 4.69) is 10.1 Å². The lowest BCUT2D eigenvalue weighted by atomic mass is 9.98. The van der Waals surface area contributed by atoms with E-state index in [9.17, 15) is 5.11 Å². The van der Waals surface area contributed by atoms with Gasteiger partial charge in [-0.05, 0) is 26.0 Å². The molecular formula is C21H15N4O-. The fourth-order valence-corrected chi connectivity index (χ4v) is 3.60. The van der Waals surface area contributed by atoms with Gasteiger partial charge in [0.2, 0.25) is 0 Å². The first-order valence-corrected chi connectivity index (χ1v) is 8.43. The van der Waals surface area contributed by atoms with Crippen molar-refractivity contribution in [3.63, 3.8) is 0 Å². The lowest BCUT2D eigenvalue weighted by molar-refractivity contribution is -0.270. The number of para-hydroxylation sites is 1. The number of rotatable bonds is 1. The third-order valence-electron chi connectivity index (χ3n) is 4.83. The van der Waals surface area contributed by atoms with Crippen LogP contribution in [-0.2, 0) is 0 Å². The Balaban J connectivity index is 1.90. The van der Waals surface area contributed by atoms with Crippen LogP contribution in [0.4, 0.5) is 5.69 Å². The molecule has 0 bridgehead atoms. The SMILES string of the molecule is Cc1cc(C2=Nc3ccccc3-c3ncnn4ccc2c34)cc(C)c1[O-]. The van der Waals surface area contributed by atoms with Crippen molar-refractivity contribution < 1.29 is 5.11 Å². The number of fused-ring (bicyclic) bond motifs is 2. The van der Waals surface area contributed by atoms with E-state index in [0.717, 1.165) is 50.4 Å². The van der Waals surface area contributed by atoms with Crippen LogP contribution >= 0.6 is 0 Å². The van der Waals surface area contributed by atoms with Gasteiger partial charge in [-0.3, -0.25) is 0 Å². The minimum absolute atomic E-state index is 0.0779. The van der Waals surface area contributed by atoms with Crippen LogP contribution in [0, 0.1) is 13.8 Å². The zero-order chi connectivity index (χ0) is 17.8. The zero-order valence-corrected chi connectivity index (χ0v) is 14.4. The van der Waals surface area contributed by atoms with Crippen LogP contribution < -0.4 is 5.11 Å². The molecule has 0 N–H and O–H groups in total. The predicted octanol–water partition coefficient (Wildman–Crippen LogP) is 3.57. The summed E-state index contributed by atoms with van der Waals surface area (Å²) in [6, 6.07) is 13.8. The molecule has 1 aliphatic rings. The molecule has 0 amide bonds. The molecule has 0 saturated carbocycles. The van der Waals surface area contributed by atoms with Crippen molar-refractivity contribution in [2.75, 3.05) is 0 Å². The van der Waals surface area contributed by atoms with Crippen molar-refractivity contribution in [2.24, 2.45) is 4.99 Å². The van der Waals surface area contributed by atoms with Crippen molar-refractivity contribution in [3.05, 3.63) is 77.2 Å². The van der Waals surface area contributed by atoms with Crippen LogP contribution in [0.15, 0.2) is 60.0 Å². The van der Waals surface area contributed by atoms with Gasteiger partial charge in [0.05, 0.1) is 11.4 Å². The Bertz CT molecular complexity index is 1200. The minimum Gasteiger partial charge on any atom is -0.872 e. The van der Waals surface area contributed by atoms with Crippen LogP contribution in [0.5, 0.6) is 5.75 Å². The molecule has 0 fully saturated rings. The number of aromatic nitrogens is 3. The van der Waals surface area contributed by atoms with Gasteiger partial charge in [-0.1, -0.05) is 41.5 Å². The fourth-order valence-electron chi connectivity index (χ4n) is 3.60. The van der Waals surface area contributed by atoms with E-state index in [1.807, 2.05) is 67.0 Å². The molecule has 0 aliphatic carbocycles. The summed E-state index contributed by atoms with van der Waals surface area (Å²) >= 11 is 0. The van der Waals surface area contributed by atoms with E-state index in [-0.39, 0.29) is 5.75 Å². The molecule has 5 heteroatoms. The highest BCUT2D eigenvalue weighted by Crippen LogP contribution is 2.38. The van der Waals surface area contributed by atoms with Crippen molar-refractivity contribution in [2.45, 2.75) is 13.8 Å². The second kappa shape index (κ2) is 5.26. The molecular weight excluding hydrogens is 324 g/mol. The highest BCUT2D eigenvalue weighted by molar-refractivity contribution is 6.20. The maximum Gasteiger partial charge on any atom is 0.137 e. The summed E-state index contributed by atoms with van der Waals surface area (Å²) in [5.41, 5.74) is 7.80. The Kier molecular flexibility index (Phi) is 3.00. The smallest absolute Gasteiger partial charge is 0.137 e. The number of nitrogens with zero attached hydrogens (tertiary/aromatic N) is 4. The molecule has 0 radical (unpaired) electrons. The van der Waals surface area contributed by atoms with E-state index in [1.54, 1.807) is 6.33 Å². The molecule has 0 unspecified atom stereocenters. The van der Waals surface area contributed by atoms with Gasteiger partial charge in [0.1, 0.15) is 17.5 Å². The number of benzene rings is 2. The van der Waals surface area contributed by atoms with Gasteiger partial charge in [-0.2, -0.15) is 5.10 Å². The summed E-state index contributed by atoms with van der Waals surface area (Å²) < 4.78 is 1.83. The Morgan fingerprint density at radius 3 is 2.54 bits per heavy atom. The van der Waals surface area contributed by atoms with Gasteiger partial charge < -0.3 is 5.11 Å². The maximum atomic E-state index is 12.1. The van der Waals surface area contributed by atoms with E-state index in [1.165, 1.54) is 0 Å². The number of aliphatic imine (C=N–C) groups is 1. The summed E-state index contributed by atoms with van der Waals surface area (Å²) in [5.74, 6) is 0.0779. The lowest BCUT2D eigenvalue weighted by Crippen LogP contribution is -2.06. The Morgan fingerprint density at radius 1 is 0.962 bits per heavy atom. The van der Waals surface area contributed by atoms with Crippen molar-refractivity contribution in [1.29, 1.82) is 0 Å². The summed E-state index contributed by atoms with van der Waals surface area (Å²) in [6.07, 6.45) is 3.48. The van der Waals surface area contributed by atoms with E-state index in [4.69, 9.17) is 4.99 Å². The van der Waals surface area contributed by atoms with Gasteiger partial charge in [0, 0.05) is 22.9 Å². The molecule has 5 nitrogen and oxygen atoms in total. The van der Waals surface area contributed by atoms with E-state index >= 15 is 0 Å². The number of aryl methyl sites for hydroxylation is 2. The molecule has 0 spiro atoms. The average molecular weight is 339 g/mol. The molecule has 26 heavy (non-hydrogen) atoms. The third kappa shape index (κ3) is 2.00. The molecule has 5 rings (SSSR count). The summed E-state index contributed by atoms with van der Waals surface area (Å²) in [4.78, 5) is 9.50. The minimum atomic E-state index is 0.0779. The summed E-state index contributed by atoms with van der Waals surface area (Å²) in [5, 5.41) is 16.5. The lowest BCUT2D eigenvalue weighted by Gasteiger charge is -2.16. The monoisotopic (exact) mass is 339 g/mol. The number of hydrogen-bond acceptors (Lipinski definition) is 4. The van der Waals surface area contributed by atoms with Crippen LogP contribution in [0.1, 0.15) is 22.3 Å². The van der Waals surface area contributed by atoms with Crippen LogP contribution in [0.3, 0.4) is 0 Å². The predicted molar refractivity (Wildman–Crippen MR) is 99.1 cm³/mol. The van der Waals surface area contributed by atoms with Gasteiger partial charge in [-0.25, -0.2) is 14.5 Å². The first-order chi connectivity index (χ1) is 12.6. The molecule has 126 valence electrons. The van der Waals surface area contributed by atoms with Crippen LogP contribution in [0.25, 0.3) is 16.8 Å². The summed E-state index contributed by atoms with van der Waals surface area (Å²) in [7, 11) is 0. The molecule has 1 aliphatic heterocycles. The molecule has 4 aromatic rings. The van der Waals surface area contributed by atoms with Gasteiger partial charge in [0.25, 0.3) is 0 Å². The van der Waals surface area contributed by atoms with Gasteiger partial charge >= 0.3 is 0 Å². The number of hydrogen-bond donors (Lipinski definition) is 0. The Morgan fingerprint density at radius 2 is 1.73 bits per heavy atom. The second-order valence-corrected chi connectivity index (χ2v) is 6.55. The van der Waals surface area contributed by atoms with Crippen molar-refractivity contribution >= 4 is 16.9 Å². The molecule has 2 aromatic carbocycles. The van der Waals surface area contributed by atoms with Crippen molar-refractivity contribution in [1.82, 2.24) is 14.6 Å². The second-order valence-electron chi connectivity index (χ2n) is 6.55. The van der Waals surface area contributed by atoms with Crippen molar-refractivity contribution in [3.8, 4) is 17.0 Å². The molecule has 3 heterocycles. The topological polar surface area (TPSA) is 65.6 Å². The Labute approximate surface area is 150 Å². The zero-order valence-electron chi connectivity index (χ0n) is 14.4. The van der Waals surface area contributed by atoms with Gasteiger partial charge in [-0.15, -0.1) is 5.75 Å². The van der Waals surface area contributed by atoms with Crippen LogP contribution in [0.2, 0.25) is 0 Å². The van der Waals surface area contributed by atoms with E-state index in [0.29, 0.717) is 0 Å². The quantitative estimate of drug-likeness (QED) is 0.469. The highest BCUT2D eigenvalue weighted by atomic mass is 16.3. The highest BCUT2D eigenvalue weighted by Gasteiger charge is 2.22. The average Bonchev–Trinajstić information content (AvgIpc) is 3.01. The normalized spacial score (nSPS) is 12.6. The first-order valence-electron chi connectivity index (χ1n) is 8.43. The van der Waals surface area contributed by atoms with Crippen LogP contribution in [-0.4, -0.2) is 20.3 Å². The largest absolute Gasteiger partial charge is 0.872 e. The Hall–Kier alpha value is -3.47. The third-order valence-corrected chi connectivity index (χ3v) is 4.83. The fraction of sp³-hybridized carbons (Fsp3) is 0.0952. The standard InChI is InChI=1S/C21H16N4O/c1-12-9-14(10-13(2)21(12)26)18-16-7-8-25-20(16)19(22-11-23-25)15-5-3-4-6-17(15)24-18/h3-11,26H,1-2H3/p-1. The molecule has 0 atom stereocenters. The maximum absolute atomic E-state index is 12.1. The molecule has 2 aromatic heterocycles. The summed E-state index contributed by atoms with van der Waals surface area (Å²) in [6.45, 7) is 3.69. The van der Waals surface area contributed by atoms with E-state index < -0.39 is 0 Å². The molecule has 0 saturated heterocycles.